The summed E-state index contributed by atoms with van der Waals surface area (Å²) in [6.07, 6.45) is 0. The van der Waals surface area contributed by atoms with Crippen molar-refractivity contribution in [2.75, 3.05) is 0 Å². The number of amides is 2. The van der Waals surface area contributed by atoms with E-state index in [-0.39, 0.29) is 11.4 Å². The van der Waals surface area contributed by atoms with Crippen LogP contribution in [0.3, 0.4) is 0 Å². The standard InChI is InChI=1S/C12H8N2O4.CH4N2O/c15-13(16)11-5-1-9(2-6-11)10-3-7-12(8-4-10)14(17)18;2-1(3)4/h1-8H;(H4,2,3,4). The highest BCUT2D eigenvalue weighted by Gasteiger charge is 2.07. The van der Waals surface area contributed by atoms with Crippen LogP contribution >= 0.6 is 0 Å². The van der Waals surface area contributed by atoms with Crippen molar-refractivity contribution in [1.82, 2.24) is 0 Å². The quantitative estimate of drug-likeness (QED) is 0.656. The van der Waals surface area contributed by atoms with Gasteiger partial charge in [0.05, 0.1) is 9.85 Å². The molecule has 0 saturated carbocycles. The molecule has 9 nitrogen and oxygen atoms in total. The van der Waals surface area contributed by atoms with E-state index >= 15 is 0 Å². The highest BCUT2D eigenvalue weighted by atomic mass is 16.6. The normalized spacial score (nSPS) is 9.27. The molecular weight excluding hydrogens is 292 g/mol. The smallest absolute Gasteiger partial charge is 0.309 e. The molecule has 0 bridgehead atoms. The van der Waals surface area contributed by atoms with Gasteiger partial charge >= 0.3 is 6.03 Å². The van der Waals surface area contributed by atoms with Crippen LogP contribution in [-0.2, 0) is 0 Å². The van der Waals surface area contributed by atoms with E-state index in [4.69, 9.17) is 4.79 Å². The third-order valence-corrected chi connectivity index (χ3v) is 2.49. The van der Waals surface area contributed by atoms with Gasteiger partial charge in [-0.15, -0.1) is 0 Å². The van der Waals surface area contributed by atoms with Gasteiger partial charge in [0.15, 0.2) is 0 Å². The molecule has 0 radical (unpaired) electrons. The fourth-order valence-electron chi connectivity index (χ4n) is 1.55. The van der Waals surface area contributed by atoms with Crippen molar-refractivity contribution >= 4 is 17.4 Å². The van der Waals surface area contributed by atoms with Crippen molar-refractivity contribution in [3.8, 4) is 11.1 Å². The van der Waals surface area contributed by atoms with E-state index in [9.17, 15) is 20.2 Å². The molecule has 0 unspecified atom stereocenters. The van der Waals surface area contributed by atoms with Gasteiger partial charge in [-0.05, 0) is 35.4 Å². The monoisotopic (exact) mass is 304 g/mol. The third-order valence-electron chi connectivity index (χ3n) is 2.49. The molecule has 114 valence electrons. The van der Waals surface area contributed by atoms with Crippen LogP contribution in [-0.4, -0.2) is 15.9 Å². The number of non-ortho nitro benzene ring substituents is 2. The number of carbonyl (C=O) groups excluding carboxylic acids is 1. The van der Waals surface area contributed by atoms with E-state index in [1.807, 2.05) is 0 Å². The summed E-state index contributed by atoms with van der Waals surface area (Å²) in [7, 11) is 0. The molecule has 22 heavy (non-hydrogen) atoms. The van der Waals surface area contributed by atoms with Gasteiger partial charge in [-0.25, -0.2) is 4.79 Å². The van der Waals surface area contributed by atoms with Crippen molar-refractivity contribution in [2.45, 2.75) is 0 Å². The number of benzene rings is 2. The van der Waals surface area contributed by atoms with Gasteiger partial charge in [0, 0.05) is 24.3 Å². The van der Waals surface area contributed by atoms with Gasteiger partial charge in [-0.1, -0.05) is 0 Å². The summed E-state index contributed by atoms with van der Waals surface area (Å²) in [5.74, 6) is 0. The topological polar surface area (TPSA) is 155 Å². The molecule has 9 heteroatoms. The molecule has 2 rings (SSSR count). The summed E-state index contributed by atoms with van der Waals surface area (Å²) in [6, 6.07) is 11.2. The van der Waals surface area contributed by atoms with Gasteiger partial charge in [-0.2, -0.15) is 0 Å². The molecule has 0 aliphatic heterocycles. The SMILES string of the molecule is NC(N)=O.O=[N+]([O-])c1ccc(-c2ccc([N+](=O)[O-])cc2)cc1. The summed E-state index contributed by atoms with van der Waals surface area (Å²) in [5.41, 5.74) is 10.1. The van der Waals surface area contributed by atoms with Crippen molar-refractivity contribution in [3.05, 3.63) is 68.8 Å². The maximum absolute atomic E-state index is 10.5. The number of urea groups is 1. The van der Waals surface area contributed by atoms with E-state index in [0.717, 1.165) is 11.1 Å². The van der Waals surface area contributed by atoms with E-state index < -0.39 is 15.9 Å². The summed E-state index contributed by atoms with van der Waals surface area (Å²) in [4.78, 5) is 29.1. The number of carbonyl (C=O) groups is 1. The number of hydrogen-bond donors (Lipinski definition) is 2. The lowest BCUT2D eigenvalue weighted by molar-refractivity contribution is -0.385. The lowest BCUT2D eigenvalue weighted by atomic mass is 10.1. The van der Waals surface area contributed by atoms with Gasteiger partial charge < -0.3 is 11.5 Å². The molecule has 0 heterocycles. The first kappa shape index (κ1) is 16.6. The Balaban J connectivity index is 0.000000541. The Morgan fingerprint density at radius 2 is 0.955 bits per heavy atom. The number of primary amides is 2. The van der Waals surface area contributed by atoms with Gasteiger partial charge in [-0.3, -0.25) is 20.2 Å². The highest BCUT2D eigenvalue weighted by Crippen LogP contribution is 2.24. The molecule has 0 saturated heterocycles. The fraction of sp³-hybridized carbons (Fsp3) is 0. The van der Waals surface area contributed by atoms with Crippen LogP contribution in [0.4, 0.5) is 16.2 Å². The zero-order chi connectivity index (χ0) is 16.7. The second-order valence-electron chi connectivity index (χ2n) is 4.01. The molecule has 2 aromatic rings. The third kappa shape index (κ3) is 4.89. The Kier molecular flexibility index (Phi) is 5.52. The van der Waals surface area contributed by atoms with E-state index in [0.29, 0.717) is 0 Å². The zero-order valence-electron chi connectivity index (χ0n) is 11.2. The summed E-state index contributed by atoms with van der Waals surface area (Å²) in [6.45, 7) is 0. The van der Waals surface area contributed by atoms with Crippen LogP contribution in [0, 0.1) is 20.2 Å². The summed E-state index contributed by atoms with van der Waals surface area (Å²) >= 11 is 0. The van der Waals surface area contributed by atoms with Crippen molar-refractivity contribution < 1.29 is 14.6 Å². The average Bonchev–Trinajstić information content (AvgIpc) is 2.47. The zero-order valence-corrected chi connectivity index (χ0v) is 11.2. The van der Waals surface area contributed by atoms with Crippen molar-refractivity contribution in [1.29, 1.82) is 0 Å². The molecule has 4 N–H and O–H groups in total. The molecule has 0 fully saturated rings. The molecule has 0 aliphatic carbocycles. The average molecular weight is 304 g/mol. The number of nitrogens with two attached hydrogens (primary N) is 2. The predicted molar refractivity (Wildman–Crippen MR) is 79.0 cm³/mol. The first-order chi connectivity index (χ1) is 10.3. The maximum Gasteiger partial charge on any atom is 0.309 e. The molecular formula is C13H12N4O5. The van der Waals surface area contributed by atoms with Crippen molar-refractivity contribution in [3.63, 3.8) is 0 Å². The lowest BCUT2D eigenvalue weighted by Gasteiger charge is -2.00. The van der Waals surface area contributed by atoms with E-state index in [1.54, 1.807) is 24.3 Å². The van der Waals surface area contributed by atoms with Gasteiger partial charge in [0.2, 0.25) is 0 Å². The van der Waals surface area contributed by atoms with Crippen LogP contribution in [0.15, 0.2) is 48.5 Å². The Hall–Kier alpha value is -3.49. The van der Waals surface area contributed by atoms with E-state index in [2.05, 4.69) is 11.5 Å². The van der Waals surface area contributed by atoms with Crippen LogP contribution < -0.4 is 11.5 Å². The summed E-state index contributed by atoms with van der Waals surface area (Å²) in [5, 5.41) is 21.0. The Morgan fingerprint density at radius 1 is 0.727 bits per heavy atom. The molecule has 0 aromatic heterocycles. The number of nitro groups is 2. The van der Waals surface area contributed by atoms with Crippen LogP contribution in [0.1, 0.15) is 0 Å². The van der Waals surface area contributed by atoms with Crippen LogP contribution in [0.25, 0.3) is 11.1 Å². The molecule has 0 atom stereocenters. The van der Waals surface area contributed by atoms with Crippen LogP contribution in [0.2, 0.25) is 0 Å². The number of nitro benzene ring substituents is 2. The first-order valence-corrected chi connectivity index (χ1v) is 5.85. The number of rotatable bonds is 3. The van der Waals surface area contributed by atoms with Gasteiger partial charge in [0.25, 0.3) is 11.4 Å². The van der Waals surface area contributed by atoms with Crippen molar-refractivity contribution in [2.24, 2.45) is 11.5 Å². The fourth-order valence-corrected chi connectivity index (χ4v) is 1.55. The second kappa shape index (κ2) is 7.33. The lowest BCUT2D eigenvalue weighted by Crippen LogP contribution is -2.18. The second-order valence-corrected chi connectivity index (χ2v) is 4.01. The molecule has 0 spiro atoms. The van der Waals surface area contributed by atoms with E-state index in [1.165, 1.54) is 24.3 Å². The minimum Gasteiger partial charge on any atom is -0.352 e. The number of nitrogens with zero attached hydrogens (tertiary/aromatic N) is 2. The minimum absolute atomic E-state index is 0.0145. The Morgan fingerprint density at radius 3 is 1.14 bits per heavy atom. The predicted octanol–water partition coefficient (Wildman–Crippen LogP) is 2.19. The maximum atomic E-state index is 10.5. The first-order valence-electron chi connectivity index (χ1n) is 5.85. The Labute approximate surface area is 124 Å². The minimum atomic E-state index is -0.833. The molecule has 2 aromatic carbocycles. The molecule has 0 aliphatic rings. The largest absolute Gasteiger partial charge is 0.352 e. The number of hydrogen-bond acceptors (Lipinski definition) is 5. The van der Waals surface area contributed by atoms with Gasteiger partial charge in [0.1, 0.15) is 0 Å². The Bertz CT molecular complexity index is 623. The highest BCUT2D eigenvalue weighted by molar-refractivity contribution is 5.69. The van der Waals surface area contributed by atoms with Crippen LogP contribution in [0.5, 0.6) is 0 Å². The summed E-state index contributed by atoms with van der Waals surface area (Å²) < 4.78 is 0. The molecule has 2 amide bonds.